The van der Waals surface area contributed by atoms with Gasteiger partial charge in [0.15, 0.2) is 5.82 Å². The Kier molecular flexibility index (Phi) is 6.59. The zero-order chi connectivity index (χ0) is 22.6. The molecule has 0 unspecified atom stereocenters. The standard InChI is InChI=1S/C24H32N6O3/c1-30-8-5-16(6-9-30)18-11-19-15-32-10-2-7-25-24(31)33-20-4-3-17(12-20)21-14-23(29-28-21)27-22(13-18)26-19/h5,11,13-14,17,20H,2-4,6-10,12,15H2,1H3,(H,25,31)(H2,26,27,28,29)/t17-,20+/m0/s1. The number of ether oxygens (including phenoxy) is 2. The fourth-order valence-corrected chi connectivity index (χ4v) is 4.75. The van der Waals surface area contributed by atoms with Crippen molar-refractivity contribution in [2.24, 2.45) is 0 Å². The van der Waals surface area contributed by atoms with Crippen molar-refractivity contribution in [3.63, 3.8) is 0 Å². The van der Waals surface area contributed by atoms with E-state index in [0.717, 1.165) is 68.2 Å². The van der Waals surface area contributed by atoms with Crippen molar-refractivity contribution in [2.45, 2.75) is 50.7 Å². The van der Waals surface area contributed by atoms with Gasteiger partial charge in [-0.2, -0.15) is 5.10 Å². The number of aromatic nitrogens is 3. The molecule has 0 saturated heterocycles. The Morgan fingerprint density at radius 1 is 1.18 bits per heavy atom. The van der Waals surface area contributed by atoms with Crippen LogP contribution in [0.1, 0.15) is 55.0 Å². The molecule has 2 aliphatic heterocycles. The Hall–Kier alpha value is -2.91. The normalized spacial score (nSPS) is 24.6. The number of likely N-dealkylation sites (N-methyl/N-ethyl adjacent to an activating group) is 1. The maximum Gasteiger partial charge on any atom is 0.407 e. The molecule has 1 saturated carbocycles. The average molecular weight is 453 g/mol. The predicted octanol–water partition coefficient (Wildman–Crippen LogP) is 3.55. The molecule has 6 bridgehead atoms. The van der Waals surface area contributed by atoms with Crippen molar-refractivity contribution in [1.82, 2.24) is 25.4 Å². The van der Waals surface area contributed by atoms with Crippen molar-refractivity contribution >= 4 is 23.3 Å². The van der Waals surface area contributed by atoms with Crippen LogP contribution in [0.2, 0.25) is 0 Å². The lowest BCUT2D eigenvalue weighted by Gasteiger charge is -2.22. The highest BCUT2D eigenvalue weighted by Crippen LogP contribution is 2.36. The largest absolute Gasteiger partial charge is 0.446 e. The molecule has 9 nitrogen and oxygen atoms in total. The van der Waals surface area contributed by atoms with Gasteiger partial charge in [-0.1, -0.05) is 6.08 Å². The Morgan fingerprint density at radius 3 is 3.00 bits per heavy atom. The van der Waals surface area contributed by atoms with Gasteiger partial charge in [0.2, 0.25) is 0 Å². The second-order valence-electron chi connectivity index (χ2n) is 9.18. The molecular weight excluding hydrogens is 420 g/mol. The maximum atomic E-state index is 12.1. The molecule has 5 rings (SSSR count). The van der Waals surface area contributed by atoms with Crippen LogP contribution in [-0.4, -0.2) is 65.6 Å². The van der Waals surface area contributed by atoms with Crippen molar-refractivity contribution in [3.05, 3.63) is 41.2 Å². The molecule has 1 fully saturated rings. The van der Waals surface area contributed by atoms with Crippen molar-refractivity contribution in [3.8, 4) is 0 Å². The minimum Gasteiger partial charge on any atom is -0.446 e. The first-order valence-electron chi connectivity index (χ1n) is 11.9. The van der Waals surface area contributed by atoms with E-state index in [-0.39, 0.29) is 12.2 Å². The van der Waals surface area contributed by atoms with Crippen LogP contribution in [0, 0.1) is 0 Å². The van der Waals surface area contributed by atoms with E-state index in [9.17, 15) is 4.79 Å². The highest BCUT2D eigenvalue weighted by molar-refractivity contribution is 5.70. The monoisotopic (exact) mass is 452 g/mol. The second kappa shape index (κ2) is 9.93. The highest BCUT2D eigenvalue weighted by Gasteiger charge is 2.30. The molecule has 2 aromatic heterocycles. The lowest BCUT2D eigenvalue weighted by molar-refractivity contribution is 0.0956. The number of carbonyl (C=O) groups excluding carboxylic acids is 1. The van der Waals surface area contributed by atoms with E-state index in [4.69, 9.17) is 14.5 Å². The second-order valence-corrected chi connectivity index (χ2v) is 9.18. The van der Waals surface area contributed by atoms with Crippen molar-refractivity contribution < 1.29 is 14.3 Å². The number of H-pyrrole nitrogens is 1. The van der Waals surface area contributed by atoms with Crippen LogP contribution < -0.4 is 10.6 Å². The van der Waals surface area contributed by atoms with E-state index in [1.165, 1.54) is 11.1 Å². The first-order valence-corrected chi connectivity index (χ1v) is 11.9. The Morgan fingerprint density at radius 2 is 2.12 bits per heavy atom. The lowest BCUT2D eigenvalue weighted by atomic mass is 9.99. The van der Waals surface area contributed by atoms with Gasteiger partial charge in [-0.3, -0.25) is 5.10 Å². The summed E-state index contributed by atoms with van der Waals surface area (Å²) in [5.41, 5.74) is 4.44. The Balaban J connectivity index is 1.40. The van der Waals surface area contributed by atoms with Crippen molar-refractivity contribution in [1.29, 1.82) is 0 Å². The summed E-state index contributed by atoms with van der Waals surface area (Å²) in [5, 5.41) is 13.8. The number of carbonyl (C=O) groups is 1. The van der Waals surface area contributed by atoms with Crippen LogP contribution in [-0.2, 0) is 16.1 Å². The molecule has 9 heteroatoms. The van der Waals surface area contributed by atoms with Crippen LogP contribution >= 0.6 is 0 Å². The third-order valence-corrected chi connectivity index (χ3v) is 6.60. The lowest BCUT2D eigenvalue weighted by Crippen LogP contribution is -2.29. The molecule has 2 aromatic rings. The fraction of sp³-hybridized carbons (Fsp3) is 0.542. The fourth-order valence-electron chi connectivity index (χ4n) is 4.75. The summed E-state index contributed by atoms with van der Waals surface area (Å²) in [4.78, 5) is 19.2. The van der Waals surface area contributed by atoms with E-state index in [2.05, 4.69) is 51.0 Å². The summed E-state index contributed by atoms with van der Waals surface area (Å²) in [7, 11) is 2.14. The van der Waals surface area contributed by atoms with Gasteiger partial charge in [0, 0.05) is 43.9 Å². The summed E-state index contributed by atoms with van der Waals surface area (Å²) in [6.07, 6.45) is 6.25. The van der Waals surface area contributed by atoms with E-state index < -0.39 is 0 Å². The van der Waals surface area contributed by atoms with E-state index >= 15 is 0 Å². The highest BCUT2D eigenvalue weighted by atomic mass is 16.6. The summed E-state index contributed by atoms with van der Waals surface area (Å²) in [6, 6.07) is 6.25. The topological polar surface area (TPSA) is 104 Å². The molecule has 3 N–H and O–H groups in total. The Labute approximate surface area is 193 Å². The van der Waals surface area contributed by atoms with Crippen molar-refractivity contribution in [2.75, 3.05) is 38.6 Å². The van der Waals surface area contributed by atoms with Gasteiger partial charge in [0.25, 0.3) is 0 Å². The SMILES string of the molecule is CN1CC=C(c2cc3nc(c2)Nc2cc([nH]n2)[C@H]2CC[C@H](C2)OC(=O)NCCCOC3)CC1. The first-order chi connectivity index (χ1) is 16.1. The van der Waals surface area contributed by atoms with Crippen LogP contribution in [0.15, 0.2) is 24.3 Å². The molecule has 0 aromatic carbocycles. The number of aromatic amines is 1. The first kappa shape index (κ1) is 21.9. The number of hydrogen-bond acceptors (Lipinski definition) is 7. The quantitative estimate of drug-likeness (QED) is 0.608. The Bertz CT molecular complexity index is 1020. The minimum atomic E-state index is -0.348. The molecule has 176 valence electrons. The van der Waals surface area contributed by atoms with Crippen LogP contribution in [0.25, 0.3) is 5.57 Å². The van der Waals surface area contributed by atoms with Gasteiger partial charge in [0.05, 0.1) is 12.3 Å². The van der Waals surface area contributed by atoms with Gasteiger partial charge in [-0.05, 0) is 62.4 Å². The van der Waals surface area contributed by atoms with E-state index in [1.807, 2.05) is 6.07 Å². The molecule has 4 heterocycles. The number of amides is 1. The van der Waals surface area contributed by atoms with Crippen LogP contribution in [0.5, 0.6) is 0 Å². The number of anilines is 2. The zero-order valence-electron chi connectivity index (χ0n) is 19.1. The van der Waals surface area contributed by atoms with Gasteiger partial charge in [0.1, 0.15) is 11.9 Å². The predicted molar refractivity (Wildman–Crippen MR) is 125 cm³/mol. The molecule has 2 atom stereocenters. The smallest absolute Gasteiger partial charge is 0.407 e. The summed E-state index contributed by atoms with van der Waals surface area (Å²) in [6.45, 7) is 3.47. The number of alkyl carbamates (subject to hydrolysis) is 1. The number of nitrogens with one attached hydrogen (secondary N) is 3. The third kappa shape index (κ3) is 5.54. The summed E-state index contributed by atoms with van der Waals surface area (Å²) >= 11 is 0. The number of nitrogens with zero attached hydrogens (tertiary/aromatic N) is 3. The van der Waals surface area contributed by atoms with Crippen LogP contribution in [0.4, 0.5) is 16.4 Å². The van der Waals surface area contributed by atoms with Gasteiger partial charge in [-0.25, -0.2) is 9.78 Å². The summed E-state index contributed by atoms with van der Waals surface area (Å²) < 4.78 is 11.4. The zero-order valence-corrected chi connectivity index (χ0v) is 19.1. The number of fused-ring (bicyclic) bond motifs is 7. The molecule has 1 amide bonds. The van der Waals surface area contributed by atoms with Crippen LogP contribution in [0.3, 0.4) is 0 Å². The van der Waals surface area contributed by atoms with Gasteiger partial charge < -0.3 is 25.0 Å². The number of rotatable bonds is 1. The molecule has 0 radical (unpaired) electrons. The molecule has 0 spiro atoms. The van der Waals surface area contributed by atoms with E-state index in [1.54, 1.807) is 0 Å². The number of pyridine rings is 1. The molecular formula is C24H32N6O3. The maximum absolute atomic E-state index is 12.1. The minimum absolute atomic E-state index is 0.0615. The molecule has 33 heavy (non-hydrogen) atoms. The average Bonchev–Trinajstić information content (AvgIpc) is 3.45. The summed E-state index contributed by atoms with van der Waals surface area (Å²) in [5.74, 6) is 1.81. The van der Waals surface area contributed by atoms with Gasteiger partial charge in [-0.15, -0.1) is 0 Å². The third-order valence-electron chi connectivity index (χ3n) is 6.60. The number of hydrogen-bond donors (Lipinski definition) is 3. The molecule has 1 aliphatic carbocycles. The molecule has 3 aliphatic rings. The van der Waals surface area contributed by atoms with E-state index in [0.29, 0.717) is 25.7 Å². The van der Waals surface area contributed by atoms with Gasteiger partial charge >= 0.3 is 6.09 Å².